The Balaban J connectivity index is 2.49. The Morgan fingerprint density at radius 1 is 1.22 bits per heavy atom. The first kappa shape index (κ1) is 17.1. The van der Waals surface area contributed by atoms with E-state index in [2.05, 4.69) is 4.98 Å². The number of aromatic nitrogens is 2. The molecule has 23 heavy (non-hydrogen) atoms. The topological polar surface area (TPSA) is 69.0 Å². The molecular formula is C13H10F4N2O3S. The van der Waals surface area contributed by atoms with Crippen molar-refractivity contribution in [2.75, 3.05) is 0 Å². The molecule has 0 bridgehead atoms. The summed E-state index contributed by atoms with van der Waals surface area (Å²) in [5, 5.41) is 0. The van der Waals surface area contributed by atoms with Crippen molar-refractivity contribution in [3.05, 3.63) is 47.8 Å². The third kappa shape index (κ3) is 3.41. The van der Waals surface area contributed by atoms with Crippen LogP contribution in [0.4, 0.5) is 17.6 Å². The van der Waals surface area contributed by atoms with Gasteiger partial charge in [-0.1, -0.05) is 17.7 Å². The summed E-state index contributed by atoms with van der Waals surface area (Å²) in [5.74, 6) is -2.20. The fourth-order valence-corrected chi connectivity index (χ4v) is 3.16. The molecule has 0 aliphatic heterocycles. The minimum atomic E-state index is -5.15. The first-order valence-corrected chi connectivity index (χ1v) is 7.62. The zero-order chi connectivity index (χ0) is 17.4. The summed E-state index contributed by atoms with van der Waals surface area (Å²) in [6.07, 6.45) is -7.41. The Morgan fingerprint density at radius 2 is 1.78 bits per heavy atom. The highest BCUT2D eigenvalue weighted by Gasteiger charge is 2.39. The first-order valence-electron chi connectivity index (χ1n) is 6.18. The number of alkyl halides is 3. The van der Waals surface area contributed by atoms with E-state index in [0.29, 0.717) is 6.20 Å². The van der Waals surface area contributed by atoms with Crippen molar-refractivity contribution in [1.82, 2.24) is 8.96 Å². The van der Waals surface area contributed by atoms with E-state index in [0.717, 1.165) is 5.56 Å². The normalized spacial score (nSPS) is 12.4. The minimum Gasteiger partial charge on any atom is -0.289 e. The molecule has 0 unspecified atom stereocenters. The molecule has 0 N–H and O–H groups in total. The van der Waals surface area contributed by atoms with Crippen LogP contribution in [0.5, 0.6) is 0 Å². The fourth-order valence-electron chi connectivity index (χ4n) is 1.80. The van der Waals surface area contributed by atoms with E-state index in [1.54, 1.807) is 6.92 Å². The Morgan fingerprint density at radius 3 is 2.30 bits per heavy atom. The number of Topliss-reactive ketones (excluding diaryl/α,β-unsaturated/α-hetero) is 1. The molecule has 0 saturated carbocycles. The van der Waals surface area contributed by atoms with E-state index in [1.165, 1.54) is 24.3 Å². The molecular weight excluding hydrogens is 340 g/mol. The van der Waals surface area contributed by atoms with Crippen LogP contribution >= 0.6 is 0 Å². The summed E-state index contributed by atoms with van der Waals surface area (Å²) >= 11 is 0. The van der Waals surface area contributed by atoms with Gasteiger partial charge in [-0.2, -0.15) is 21.5 Å². The first-order chi connectivity index (χ1) is 10.5. The third-order valence-corrected chi connectivity index (χ3v) is 4.70. The van der Waals surface area contributed by atoms with Crippen LogP contribution in [0.1, 0.15) is 11.3 Å². The van der Waals surface area contributed by atoms with Gasteiger partial charge in [0, 0.05) is 0 Å². The average molecular weight is 350 g/mol. The lowest BCUT2D eigenvalue weighted by molar-refractivity contribution is -0.170. The smallest absolute Gasteiger partial charge is 0.289 e. The van der Waals surface area contributed by atoms with E-state index in [4.69, 9.17) is 0 Å². The molecule has 0 saturated heterocycles. The molecule has 1 heterocycles. The van der Waals surface area contributed by atoms with Crippen molar-refractivity contribution in [1.29, 1.82) is 0 Å². The van der Waals surface area contributed by atoms with E-state index in [-0.39, 0.29) is 8.87 Å². The van der Waals surface area contributed by atoms with Crippen LogP contribution < -0.4 is 0 Å². The quantitative estimate of drug-likeness (QED) is 0.793. The van der Waals surface area contributed by atoms with Gasteiger partial charge in [-0.25, -0.2) is 13.4 Å². The van der Waals surface area contributed by atoms with Gasteiger partial charge in [0.05, 0.1) is 23.2 Å². The number of aryl methyl sites for hydroxylation is 1. The number of halogens is 4. The zero-order valence-electron chi connectivity index (χ0n) is 11.6. The third-order valence-electron chi connectivity index (χ3n) is 2.97. The second-order valence-corrected chi connectivity index (χ2v) is 6.49. The van der Waals surface area contributed by atoms with Crippen LogP contribution in [-0.4, -0.2) is 29.3 Å². The lowest BCUT2D eigenvalue weighted by Gasteiger charge is -2.10. The summed E-state index contributed by atoms with van der Waals surface area (Å²) < 4.78 is 75.4. The zero-order valence-corrected chi connectivity index (χ0v) is 12.4. The predicted molar refractivity (Wildman–Crippen MR) is 70.7 cm³/mol. The maximum Gasteiger partial charge on any atom is 0.450 e. The molecule has 10 heteroatoms. The van der Waals surface area contributed by atoms with Crippen LogP contribution in [0, 0.1) is 13.0 Å². The highest BCUT2D eigenvalue weighted by atomic mass is 32.2. The van der Waals surface area contributed by atoms with Gasteiger partial charge in [-0.05, 0) is 19.1 Å². The van der Waals surface area contributed by atoms with Crippen molar-refractivity contribution < 1.29 is 30.8 Å². The standard InChI is InChI=1S/C13H10F4N2O3S/c1-8-2-4-10(5-3-8)23(21,22)19-9(7-18-12(19)14)6-11(20)13(15,16)17/h2-5,7H,6H2,1H3. The van der Waals surface area contributed by atoms with Crippen LogP contribution in [-0.2, 0) is 21.2 Å². The number of imidazole rings is 1. The number of benzene rings is 1. The van der Waals surface area contributed by atoms with Crippen LogP contribution in [0.25, 0.3) is 0 Å². The van der Waals surface area contributed by atoms with Gasteiger partial charge in [0.25, 0.3) is 10.0 Å². The predicted octanol–water partition coefficient (Wildman–Crippen LogP) is 2.24. The van der Waals surface area contributed by atoms with Gasteiger partial charge in [0.2, 0.25) is 5.78 Å². The number of carbonyl (C=O) groups excluding carboxylic acids is 1. The molecule has 0 fully saturated rings. The molecule has 2 rings (SSSR count). The van der Waals surface area contributed by atoms with Crippen molar-refractivity contribution >= 4 is 15.8 Å². The minimum absolute atomic E-state index is 0.00130. The van der Waals surface area contributed by atoms with Gasteiger partial charge < -0.3 is 0 Å². The van der Waals surface area contributed by atoms with E-state index in [1.807, 2.05) is 0 Å². The highest BCUT2D eigenvalue weighted by Crippen LogP contribution is 2.22. The number of carbonyl (C=O) groups is 1. The average Bonchev–Trinajstić information content (AvgIpc) is 2.79. The monoisotopic (exact) mass is 350 g/mol. The lowest BCUT2D eigenvalue weighted by Crippen LogP contribution is -2.27. The van der Waals surface area contributed by atoms with Gasteiger partial charge in [0.15, 0.2) is 0 Å². The molecule has 1 aromatic carbocycles. The number of ketones is 1. The summed E-state index contributed by atoms with van der Waals surface area (Å²) in [6, 6.07) is 5.25. The number of hydrogen-bond acceptors (Lipinski definition) is 4. The van der Waals surface area contributed by atoms with Crippen LogP contribution in [0.3, 0.4) is 0 Å². The van der Waals surface area contributed by atoms with Crippen LogP contribution in [0.15, 0.2) is 35.4 Å². The van der Waals surface area contributed by atoms with Crippen molar-refractivity contribution in [3.8, 4) is 0 Å². The molecule has 0 aliphatic rings. The number of nitrogens with zero attached hydrogens (tertiary/aromatic N) is 2. The van der Waals surface area contributed by atoms with Gasteiger partial charge in [-0.3, -0.25) is 4.79 Å². The molecule has 0 radical (unpaired) electrons. The van der Waals surface area contributed by atoms with Crippen molar-refractivity contribution in [3.63, 3.8) is 0 Å². The van der Waals surface area contributed by atoms with E-state index < -0.39 is 40.2 Å². The molecule has 5 nitrogen and oxygen atoms in total. The van der Waals surface area contributed by atoms with Crippen molar-refractivity contribution in [2.24, 2.45) is 0 Å². The van der Waals surface area contributed by atoms with Crippen LogP contribution in [0.2, 0.25) is 0 Å². The molecule has 0 atom stereocenters. The Labute approximate surface area is 128 Å². The lowest BCUT2D eigenvalue weighted by atomic mass is 10.2. The second kappa shape index (κ2) is 5.76. The number of rotatable bonds is 4. The Hall–Kier alpha value is -2.23. The second-order valence-electron chi connectivity index (χ2n) is 4.70. The SMILES string of the molecule is Cc1ccc(S(=O)(=O)n2c(CC(=O)C(F)(F)F)cnc2F)cc1. The largest absolute Gasteiger partial charge is 0.450 e. The molecule has 124 valence electrons. The molecule has 0 amide bonds. The molecule has 2 aromatic rings. The Kier molecular flexibility index (Phi) is 4.29. The Bertz CT molecular complexity index is 839. The van der Waals surface area contributed by atoms with Crippen molar-refractivity contribution in [2.45, 2.75) is 24.4 Å². The fraction of sp³-hybridized carbons (Fsp3) is 0.231. The summed E-state index contributed by atoms with van der Waals surface area (Å²) in [7, 11) is -4.51. The summed E-state index contributed by atoms with van der Waals surface area (Å²) in [6.45, 7) is 1.70. The van der Waals surface area contributed by atoms with E-state index >= 15 is 0 Å². The maximum absolute atomic E-state index is 13.7. The molecule has 1 aromatic heterocycles. The molecule has 0 aliphatic carbocycles. The summed E-state index contributed by atoms with van der Waals surface area (Å²) in [4.78, 5) is 13.7. The maximum atomic E-state index is 13.7. The van der Waals surface area contributed by atoms with Gasteiger partial charge >= 0.3 is 12.3 Å². The van der Waals surface area contributed by atoms with Gasteiger partial charge in [-0.15, -0.1) is 0 Å². The summed E-state index contributed by atoms with van der Waals surface area (Å²) in [5.41, 5.74) is 0.0351. The van der Waals surface area contributed by atoms with E-state index in [9.17, 15) is 30.8 Å². The number of hydrogen-bond donors (Lipinski definition) is 0. The van der Waals surface area contributed by atoms with Gasteiger partial charge in [0.1, 0.15) is 0 Å². The molecule has 0 spiro atoms. The highest BCUT2D eigenvalue weighted by molar-refractivity contribution is 7.90.